The van der Waals surface area contributed by atoms with Crippen molar-refractivity contribution >= 4 is 5.95 Å². The van der Waals surface area contributed by atoms with E-state index in [1.54, 1.807) is 6.08 Å². The van der Waals surface area contributed by atoms with Crippen molar-refractivity contribution in [3.8, 4) is 0 Å². The molecule has 0 bridgehead atoms. The van der Waals surface area contributed by atoms with Gasteiger partial charge in [-0.05, 0) is 12.5 Å². The van der Waals surface area contributed by atoms with E-state index in [1.807, 2.05) is 31.2 Å². The van der Waals surface area contributed by atoms with Crippen molar-refractivity contribution in [1.29, 1.82) is 0 Å². The third kappa shape index (κ3) is 3.51. The van der Waals surface area contributed by atoms with Crippen LogP contribution < -0.4 is 10.9 Å². The van der Waals surface area contributed by atoms with Crippen molar-refractivity contribution in [2.24, 2.45) is 0 Å². The molecule has 0 amide bonds. The number of rotatable bonds is 5. The molecule has 2 aromatic rings. The Bertz CT molecular complexity index is 616. The summed E-state index contributed by atoms with van der Waals surface area (Å²) in [6.45, 7) is 6.13. The first-order chi connectivity index (χ1) is 9.19. The molecule has 0 aliphatic heterocycles. The molecule has 2 rings (SSSR count). The van der Waals surface area contributed by atoms with Crippen LogP contribution in [0.15, 0.2) is 41.7 Å². The van der Waals surface area contributed by atoms with Gasteiger partial charge in [0.15, 0.2) is 0 Å². The number of aryl methyl sites for hydroxylation is 1. The third-order valence-electron chi connectivity index (χ3n) is 2.67. The number of H-pyrrole nitrogens is 1. The summed E-state index contributed by atoms with van der Waals surface area (Å²) in [5.41, 5.74) is 2.42. The maximum absolute atomic E-state index is 11.9. The zero-order valence-corrected chi connectivity index (χ0v) is 10.8. The van der Waals surface area contributed by atoms with Crippen LogP contribution in [0.25, 0.3) is 0 Å². The zero-order chi connectivity index (χ0) is 13.7. The monoisotopic (exact) mass is 256 g/mol. The molecule has 0 atom stereocenters. The molecular formula is C14H16N4O. The van der Waals surface area contributed by atoms with Crippen molar-refractivity contribution in [3.63, 3.8) is 0 Å². The summed E-state index contributed by atoms with van der Waals surface area (Å²) in [7, 11) is 0. The van der Waals surface area contributed by atoms with Crippen molar-refractivity contribution < 1.29 is 0 Å². The van der Waals surface area contributed by atoms with Crippen LogP contribution in [-0.4, -0.2) is 21.7 Å². The van der Waals surface area contributed by atoms with Crippen LogP contribution in [0.4, 0.5) is 5.95 Å². The molecule has 5 heteroatoms. The van der Waals surface area contributed by atoms with E-state index < -0.39 is 0 Å². The van der Waals surface area contributed by atoms with E-state index in [0.29, 0.717) is 24.6 Å². The van der Waals surface area contributed by atoms with Crippen molar-refractivity contribution in [2.75, 3.05) is 11.9 Å². The van der Waals surface area contributed by atoms with E-state index in [-0.39, 0.29) is 5.56 Å². The fourth-order valence-electron chi connectivity index (χ4n) is 1.62. The van der Waals surface area contributed by atoms with Gasteiger partial charge in [-0.25, -0.2) is 0 Å². The molecule has 0 unspecified atom stereocenters. The van der Waals surface area contributed by atoms with Crippen molar-refractivity contribution in [3.05, 3.63) is 64.1 Å². The van der Waals surface area contributed by atoms with Gasteiger partial charge in [-0.15, -0.1) is 16.8 Å². The van der Waals surface area contributed by atoms with Gasteiger partial charge in [-0.2, -0.15) is 0 Å². The predicted molar refractivity (Wildman–Crippen MR) is 75.3 cm³/mol. The average Bonchev–Trinajstić information content (AvgIpc) is 2.41. The quantitative estimate of drug-likeness (QED) is 0.798. The first-order valence-electron chi connectivity index (χ1n) is 6.05. The van der Waals surface area contributed by atoms with E-state index in [9.17, 15) is 4.79 Å². The molecule has 19 heavy (non-hydrogen) atoms. The summed E-state index contributed by atoms with van der Waals surface area (Å²) in [5, 5.41) is 10.8. The average molecular weight is 256 g/mol. The van der Waals surface area contributed by atoms with E-state index in [0.717, 1.165) is 5.56 Å². The summed E-state index contributed by atoms with van der Waals surface area (Å²) < 4.78 is 0. The Kier molecular flexibility index (Phi) is 4.07. The number of nitrogens with one attached hydrogen (secondary N) is 2. The van der Waals surface area contributed by atoms with Crippen LogP contribution in [0.3, 0.4) is 0 Å². The minimum Gasteiger partial charge on any atom is -0.351 e. The van der Waals surface area contributed by atoms with Crippen molar-refractivity contribution in [1.82, 2.24) is 15.2 Å². The Balaban J connectivity index is 2.15. The molecule has 98 valence electrons. The van der Waals surface area contributed by atoms with Gasteiger partial charge in [0, 0.05) is 13.0 Å². The number of hydrogen-bond donors (Lipinski definition) is 2. The number of nitrogens with zero attached hydrogens (tertiary/aromatic N) is 2. The zero-order valence-electron chi connectivity index (χ0n) is 10.8. The predicted octanol–water partition coefficient (Wildman–Crippen LogP) is 1.66. The third-order valence-corrected chi connectivity index (χ3v) is 2.67. The first kappa shape index (κ1) is 13.0. The van der Waals surface area contributed by atoms with Crippen LogP contribution >= 0.6 is 0 Å². The molecule has 1 heterocycles. The molecule has 0 spiro atoms. The standard InChI is InChI=1S/C14H16N4O/c1-3-8-15-14-16-13(19)12(17-18-14)9-11-6-4-10(2)5-7-11/h3-7H,1,8-9H2,2H3,(H2,15,16,18,19). The minimum absolute atomic E-state index is 0.220. The molecule has 0 aliphatic carbocycles. The molecule has 0 saturated carbocycles. The maximum Gasteiger partial charge on any atom is 0.274 e. The van der Waals surface area contributed by atoms with Crippen LogP contribution in [0.1, 0.15) is 16.8 Å². The normalized spacial score (nSPS) is 10.2. The smallest absolute Gasteiger partial charge is 0.274 e. The molecule has 2 N–H and O–H groups in total. The Morgan fingerprint density at radius 3 is 2.68 bits per heavy atom. The lowest BCUT2D eigenvalue weighted by atomic mass is 10.1. The highest BCUT2D eigenvalue weighted by molar-refractivity contribution is 5.26. The molecule has 1 aromatic carbocycles. The van der Waals surface area contributed by atoms with E-state index in [1.165, 1.54) is 5.56 Å². The fourth-order valence-corrected chi connectivity index (χ4v) is 1.62. The number of aromatic nitrogens is 3. The van der Waals surface area contributed by atoms with Gasteiger partial charge in [-0.1, -0.05) is 35.9 Å². The summed E-state index contributed by atoms with van der Waals surface area (Å²) in [4.78, 5) is 14.5. The van der Waals surface area contributed by atoms with Gasteiger partial charge in [-0.3, -0.25) is 9.78 Å². The molecule has 5 nitrogen and oxygen atoms in total. The summed E-state index contributed by atoms with van der Waals surface area (Å²) in [5.74, 6) is 0.359. The van der Waals surface area contributed by atoms with Crippen LogP contribution in [0, 0.1) is 6.92 Å². The van der Waals surface area contributed by atoms with Crippen LogP contribution in [0.5, 0.6) is 0 Å². The highest BCUT2D eigenvalue weighted by Crippen LogP contribution is 2.06. The molecule has 0 radical (unpaired) electrons. The topological polar surface area (TPSA) is 70.7 Å². The fraction of sp³-hybridized carbons (Fsp3) is 0.214. The SMILES string of the molecule is C=CCNc1nnc(Cc2ccc(C)cc2)c(=O)[nH]1. The molecule has 0 fully saturated rings. The molecule has 1 aromatic heterocycles. The molecule has 0 aliphatic rings. The lowest BCUT2D eigenvalue weighted by molar-refractivity contribution is 0.867. The van der Waals surface area contributed by atoms with Crippen LogP contribution in [-0.2, 0) is 6.42 Å². The number of aromatic amines is 1. The number of hydrogen-bond acceptors (Lipinski definition) is 4. The highest BCUT2D eigenvalue weighted by Gasteiger charge is 2.05. The van der Waals surface area contributed by atoms with E-state index >= 15 is 0 Å². The summed E-state index contributed by atoms with van der Waals surface area (Å²) >= 11 is 0. The second-order valence-electron chi connectivity index (χ2n) is 4.28. The first-order valence-corrected chi connectivity index (χ1v) is 6.05. The minimum atomic E-state index is -0.220. The van der Waals surface area contributed by atoms with Gasteiger partial charge in [0.25, 0.3) is 5.56 Å². The summed E-state index contributed by atoms with van der Waals surface area (Å²) in [6.07, 6.45) is 2.16. The largest absolute Gasteiger partial charge is 0.351 e. The Labute approximate surface area is 111 Å². The Morgan fingerprint density at radius 2 is 2.05 bits per heavy atom. The highest BCUT2D eigenvalue weighted by atomic mass is 16.1. The molecular weight excluding hydrogens is 240 g/mol. The summed E-state index contributed by atoms with van der Waals surface area (Å²) in [6, 6.07) is 7.99. The van der Waals surface area contributed by atoms with Gasteiger partial charge in [0.1, 0.15) is 5.69 Å². The number of anilines is 1. The van der Waals surface area contributed by atoms with E-state index in [4.69, 9.17) is 0 Å². The van der Waals surface area contributed by atoms with E-state index in [2.05, 4.69) is 27.1 Å². The second-order valence-corrected chi connectivity index (χ2v) is 4.28. The lowest BCUT2D eigenvalue weighted by Gasteiger charge is -2.03. The second kappa shape index (κ2) is 5.95. The lowest BCUT2D eigenvalue weighted by Crippen LogP contribution is -2.19. The van der Waals surface area contributed by atoms with Crippen molar-refractivity contribution in [2.45, 2.75) is 13.3 Å². The maximum atomic E-state index is 11.9. The van der Waals surface area contributed by atoms with Gasteiger partial charge in [0.05, 0.1) is 0 Å². The van der Waals surface area contributed by atoms with Gasteiger partial charge < -0.3 is 5.32 Å². The molecule has 0 saturated heterocycles. The van der Waals surface area contributed by atoms with Gasteiger partial charge in [0.2, 0.25) is 5.95 Å². The van der Waals surface area contributed by atoms with Gasteiger partial charge >= 0.3 is 0 Å². The Morgan fingerprint density at radius 1 is 1.32 bits per heavy atom. The van der Waals surface area contributed by atoms with Crippen LogP contribution in [0.2, 0.25) is 0 Å². The Hall–Kier alpha value is -2.43. The number of benzene rings is 1.